The van der Waals surface area contributed by atoms with Gasteiger partial charge in [0.1, 0.15) is 18.0 Å². The monoisotopic (exact) mass is 651 g/mol. The van der Waals surface area contributed by atoms with Crippen LogP contribution >= 0.6 is 0 Å². The smallest absolute Gasteiger partial charge is 0.410 e. The molecule has 3 aromatic rings. The molecule has 0 radical (unpaired) electrons. The van der Waals surface area contributed by atoms with Gasteiger partial charge < -0.3 is 25.2 Å². The van der Waals surface area contributed by atoms with Crippen LogP contribution in [-0.2, 0) is 50.5 Å². The molecule has 2 aliphatic carbocycles. The number of aromatic nitrogens is 1. The number of carbonyl (C=O) groups is 4. The van der Waals surface area contributed by atoms with Crippen molar-refractivity contribution >= 4 is 35.3 Å². The van der Waals surface area contributed by atoms with Crippen LogP contribution in [-0.4, -0.2) is 57.8 Å². The minimum atomic E-state index is -0.692. The van der Waals surface area contributed by atoms with Gasteiger partial charge in [0.2, 0.25) is 17.7 Å². The molecule has 2 heterocycles. The van der Waals surface area contributed by atoms with Crippen molar-refractivity contribution < 1.29 is 23.9 Å². The van der Waals surface area contributed by atoms with Gasteiger partial charge in [0.05, 0.1) is 5.41 Å². The number of nitrogens with one attached hydrogen (secondary N) is 2. The zero-order valence-corrected chi connectivity index (χ0v) is 28.3. The zero-order valence-electron chi connectivity index (χ0n) is 28.3. The molecule has 2 aromatic carbocycles. The largest absolute Gasteiger partial charge is 0.444 e. The molecule has 0 bridgehead atoms. The van der Waals surface area contributed by atoms with Gasteiger partial charge in [-0.15, -0.1) is 0 Å². The summed E-state index contributed by atoms with van der Waals surface area (Å²) in [5.41, 5.74) is 4.06. The lowest BCUT2D eigenvalue weighted by atomic mass is 9.79. The van der Waals surface area contributed by atoms with Gasteiger partial charge in [-0.3, -0.25) is 14.4 Å². The fourth-order valence-corrected chi connectivity index (χ4v) is 7.27. The van der Waals surface area contributed by atoms with Gasteiger partial charge in [-0.05, 0) is 92.8 Å². The summed E-state index contributed by atoms with van der Waals surface area (Å²) in [6.07, 6.45) is 7.06. The van der Waals surface area contributed by atoms with Crippen LogP contribution in [0.1, 0.15) is 80.7 Å². The molecule has 0 saturated heterocycles. The van der Waals surface area contributed by atoms with Crippen molar-refractivity contribution in [3.05, 3.63) is 88.6 Å². The minimum Gasteiger partial charge on any atom is -0.444 e. The summed E-state index contributed by atoms with van der Waals surface area (Å²) >= 11 is 0. The number of amides is 4. The van der Waals surface area contributed by atoms with Crippen molar-refractivity contribution in [1.82, 2.24) is 14.8 Å². The van der Waals surface area contributed by atoms with Gasteiger partial charge >= 0.3 is 6.09 Å². The van der Waals surface area contributed by atoms with E-state index in [9.17, 15) is 19.2 Å². The predicted molar refractivity (Wildman–Crippen MR) is 183 cm³/mol. The highest BCUT2D eigenvalue weighted by Crippen LogP contribution is 2.47. The SMILES string of the molecule is CN(Cc1ccccc1CN(CC(=O)Nc1ccc2c(c1)CC1(C2)C(=O)Nc2ncccc21)C(=O)CC1CCCC1)C(=O)OC(C)(C)C. The molecule has 1 atom stereocenters. The molecule has 6 rings (SSSR count). The second-order valence-electron chi connectivity index (χ2n) is 14.5. The van der Waals surface area contributed by atoms with Crippen LogP contribution in [0.4, 0.5) is 16.3 Å². The molecule has 1 spiro atoms. The van der Waals surface area contributed by atoms with Crippen LogP contribution in [0.5, 0.6) is 0 Å². The summed E-state index contributed by atoms with van der Waals surface area (Å²) in [5.74, 6) is 0.548. The Hall–Kier alpha value is -4.73. The number of hydrogen-bond acceptors (Lipinski definition) is 6. The van der Waals surface area contributed by atoms with Crippen LogP contribution in [0.3, 0.4) is 0 Å². The van der Waals surface area contributed by atoms with E-state index >= 15 is 0 Å². The topological polar surface area (TPSA) is 121 Å². The Bertz CT molecular complexity index is 1730. The summed E-state index contributed by atoms with van der Waals surface area (Å²) < 4.78 is 5.54. The molecule has 4 amide bonds. The van der Waals surface area contributed by atoms with E-state index in [1.807, 2.05) is 75.4 Å². The number of rotatable bonds is 9. The molecule has 1 fully saturated rings. The van der Waals surface area contributed by atoms with Crippen molar-refractivity contribution in [2.45, 2.75) is 89.8 Å². The van der Waals surface area contributed by atoms with Gasteiger partial charge in [-0.2, -0.15) is 0 Å². The molecule has 2 N–H and O–H groups in total. The van der Waals surface area contributed by atoms with Crippen molar-refractivity contribution in [3.63, 3.8) is 0 Å². The van der Waals surface area contributed by atoms with Crippen molar-refractivity contribution in [2.24, 2.45) is 5.92 Å². The molecule has 48 heavy (non-hydrogen) atoms. The quantitative estimate of drug-likeness (QED) is 0.294. The highest BCUT2D eigenvalue weighted by atomic mass is 16.6. The number of benzene rings is 2. The van der Waals surface area contributed by atoms with E-state index in [2.05, 4.69) is 15.6 Å². The maximum absolute atomic E-state index is 13.7. The molecule has 1 aromatic heterocycles. The Morgan fingerprint density at radius 3 is 2.42 bits per heavy atom. The third-order valence-corrected chi connectivity index (χ3v) is 9.68. The van der Waals surface area contributed by atoms with E-state index in [0.717, 1.165) is 53.5 Å². The standard InChI is InChI=1S/C38H45N5O5/c1-37(2,3)48-36(47)42(4)22-27-12-7-8-13-28(27)23-43(33(45)18-25-10-5-6-11-25)24-32(44)40-30-16-15-26-20-38(21-29(26)19-30)31-14-9-17-39-34(31)41-35(38)46/h7-9,12-17,19,25H,5-6,10-11,18,20-24H2,1-4H3,(H,40,44)(H,39,41,46). The number of pyridine rings is 1. The van der Waals surface area contributed by atoms with Crippen molar-refractivity contribution in [3.8, 4) is 0 Å². The van der Waals surface area contributed by atoms with E-state index < -0.39 is 17.1 Å². The Morgan fingerprint density at radius 2 is 1.69 bits per heavy atom. The summed E-state index contributed by atoms with van der Waals surface area (Å²) in [4.78, 5) is 60.6. The first kappa shape index (κ1) is 33.2. The van der Waals surface area contributed by atoms with Crippen LogP contribution < -0.4 is 10.6 Å². The normalized spacial score (nSPS) is 18.3. The summed E-state index contributed by atoms with van der Waals surface area (Å²) in [6, 6.07) is 17.3. The number of nitrogens with zero attached hydrogens (tertiary/aromatic N) is 3. The maximum atomic E-state index is 13.7. The molecule has 1 aliphatic heterocycles. The third-order valence-electron chi connectivity index (χ3n) is 9.68. The fourth-order valence-electron chi connectivity index (χ4n) is 7.27. The molecular weight excluding hydrogens is 606 g/mol. The first-order valence-corrected chi connectivity index (χ1v) is 16.9. The Kier molecular flexibility index (Phi) is 9.27. The number of carbonyl (C=O) groups excluding carboxylic acids is 4. The second-order valence-corrected chi connectivity index (χ2v) is 14.5. The lowest BCUT2D eigenvalue weighted by molar-refractivity contribution is -0.136. The Morgan fingerprint density at radius 1 is 0.979 bits per heavy atom. The highest BCUT2D eigenvalue weighted by Gasteiger charge is 2.51. The van der Waals surface area contributed by atoms with E-state index in [-0.39, 0.29) is 30.8 Å². The van der Waals surface area contributed by atoms with Crippen LogP contribution in [0.2, 0.25) is 0 Å². The number of ether oxygens (including phenoxy) is 1. The van der Waals surface area contributed by atoms with Gasteiger partial charge in [0.25, 0.3) is 0 Å². The number of anilines is 2. The highest BCUT2D eigenvalue weighted by molar-refractivity contribution is 6.06. The molecule has 1 saturated carbocycles. The average Bonchev–Trinajstić information content (AvgIpc) is 3.75. The first-order valence-electron chi connectivity index (χ1n) is 16.9. The van der Waals surface area contributed by atoms with E-state index in [4.69, 9.17) is 4.74 Å². The van der Waals surface area contributed by atoms with Crippen LogP contribution in [0.25, 0.3) is 0 Å². The lowest BCUT2D eigenvalue weighted by Gasteiger charge is -2.27. The molecule has 1 unspecified atom stereocenters. The predicted octanol–water partition coefficient (Wildman–Crippen LogP) is 5.98. The lowest BCUT2D eigenvalue weighted by Crippen LogP contribution is -2.39. The van der Waals surface area contributed by atoms with Gasteiger partial charge in [-0.1, -0.05) is 49.2 Å². The Labute approximate surface area is 282 Å². The maximum Gasteiger partial charge on any atom is 0.410 e. The van der Waals surface area contributed by atoms with Crippen LogP contribution in [0.15, 0.2) is 60.8 Å². The Balaban J connectivity index is 1.16. The van der Waals surface area contributed by atoms with Gasteiger partial charge in [0, 0.05) is 44.0 Å². The molecule has 3 aliphatic rings. The molecular formula is C38H45N5O5. The molecule has 252 valence electrons. The van der Waals surface area contributed by atoms with Crippen molar-refractivity contribution in [1.29, 1.82) is 0 Å². The van der Waals surface area contributed by atoms with E-state index in [0.29, 0.717) is 43.2 Å². The minimum absolute atomic E-state index is 0.0491. The third kappa shape index (κ3) is 7.22. The summed E-state index contributed by atoms with van der Waals surface area (Å²) in [5, 5.41) is 5.95. The molecule has 10 nitrogen and oxygen atoms in total. The van der Waals surface area contributed by atoms with Crippen LogP contribution in [0, 0.1) is 5.92 Å². The number of hydrogen-bond donors (Lipinski definition) is 2. The van der Waals surface area contributed by atoms with Gasteiger partial charge in [-0.25, -0.2) is 9.78 Å². The number of fused-ring (bicyclic) bond motifs is 3. The fraction of sp³-hybridized carbons (Fsp3) is 0.447. The second kappa shape index (κ2) is 13.4. The summed E-state index contributed by atoms with van der Waals surface area (Å²) in [7, 11) is 1.69. The van der Waals surface area contributed by atoms with Crippen molar-refractivity contribution in [2.75, 3.05) is 24.2 Å². The zero-order chi connectivity index (χ0) is 34.1. The first-order chi connectivity index (χ1) is 22.9. The van der Waals surface area contributed by atoms with E-state index in [1.54, 1.807) is 18.1 Å². The van der Waals surface area contributed by atoms with E-state index in [1.165, 1.54) is 4.90 Å². The summed E-state index contributed by atoms with van der Waals surface area (Å²) in [6.45, 7) is 5.93. The molecule has 10 heteroatoms. The average molecular weight is 652 g/mol. The van der Waals surface area contributed by atoms with Gasteiger partial charge in [0.15, 0.2) is 0 Å².